The van der Waals surface area contributed by atoms with Gasteiger partial charge in [-0.15, -0.1) is 0 Å². The Hall–Kier alpha value is -3.57. The van der Waals surface area contributed by atoms with Crippen molar-refractivity contribution < 1.29 is 23.1 Å². The first-order valence-electron chi connectivity index (χ1n) is 8.73. The third kappa shape index (κ3) is 4.36. The zero-order chi connectivity index (χ0) is 22.1. The van der Waals surface area contributed by atoms with Crippen LogP contribution in [0.1, 0.15) is 29.0 Å². The summed E-state index contributed by atoms with van der Waals surface area (Å²) in [7, 11) is -3.82. The van der Waals surface area contributed by atoms with E-state index in [-0.39, 0.29) is 21.4 Å². The third-order valence-electron chi connectivity index (χ3n) is 4.45. The van der Waals surface area contributed by atoms with Crippen LogP contribution in [0.25, 0.3) is 10.8 Å². The number of carboxylic acids is 1. The van der Waals surface area contributed by atoms with Crippen LogP contribution in [-0.2, 0) is 21.4 Å². The molecule has 30 heavy (non-hydrogen) atoms. The van der Waals surface area contributed by atoms with Crippen molar-refractivity contribution in [1.29, 1.82) is 0 Å². The summed E-state index contributed by atoms with van der Waals surface area (Å²) in [5.74, 6) is -1.89. The number of hydrogen-bond acceptors (Lipinski definition) is 6. The predicted molar refractivity (Wildman–Crippen MR) is 107 cm³/mol. The molecule has 3 rings (SSSR count). The number of carbonyl (C=O) groups is 2. The van der Waals surface area contributed by atoms with E-state index < -0.39 is 40.0 Å². The molecule has 0 aliphatic rings. The van der Waals surface area contributed by atoms with Crippen molar-refractivity contribution in [2.24, 2.45) is 5.14 Å². The SMILES string of the molecule is CC(NC(=O)Cn1nc(C(=O)O)c2ccccc2c1=O)c1ccc(S(N)(=O)=O)cc1. The van der Waals surface area contributed by atoms with E-state index in [1.807, 2.05) is 0 Å². The second-order valence-corrected chi connectivity index (χ2v) is 8.13. The minimum atomic E-state index is -3.82. The molecule has 0 aliphatic carbocycles. The van der Waals surface area contributed by atoms with Crippen molar-refractivity contribution >= 4 is 32.7 Å². The summed E-state index contributed by atoms with van der Waals surface area (Å²) in [6, 6.07) is 11.3. The molecule has 0 spiro atoms. The lowest BCUT2D eigenvalue weighted by Gasteiger charge is -2.15. The van der Waals surface area contributed by atoms with Gasteiger partial charge in [-0.25, -0.2) is 23.0 Å². The van der Waals surface area contributed by atoms with Gasteiger partial charge < -0.3 is 10.4 Å². The Balaban J connectivity index is 1.82. The molecule has 1 unspecified atom stereocenters. The second kappa shape index (κ2) is 8.05. The van der Waals surface area contributed by atoms with Crippen molar-refractivity contribution in [1.82, 2.24) is 15.1 Å². The first-order valence-corrected chi connectivity index (χ1v) is 10.3. The quantitative estimate of drug-likeness (QED) is 0.516. The number of fused-ring (bicyclic) bond motifs is 1. The van der Waals surface area contributed by atoms with Gasteiger partial charge in [-0.3, -0.25) is 9.59 Å². The largest absolute Gasteiger partial charge is 0.476 e. The second-order valence-electron chi connectivity index (χ2n) is 6.57. The van der Waals surface area contributed by atoms with Crippen molar-refractivity contribution in [3.05, 3.63) is 70.1 Å². The molecule has 1 heterocycles. The molecule has 1 amide bonds. The highest BCUT2D eigenvalue weighted by atomic mass is 32.2. The van der Waals surface area contributed by atoms with Crippen LogP contribution in [-0.4, -0.2) is 35.2 Å². The van der Waals surface area contributed by atoms with Gasteiger partial charge in [-0.2, -0.15) is 5.10 Å². The number of benzene rings is 2. The van der Waals surface area contributed by atoms with Crippen molar-refractivity contribution in [2.75, 3.05) is 0 Å². The van der Waals surface area contributed by atoms with Crippen LogP contribution < -0.4 is 16.0 Å². The molecular formula is C19H18N4O6S. The van der Waals surface area contributed by atoms with E-state index in [1.165, 1.54) is 36.4 Å². The van der Waals surface area contributed by atoms with E-state index in [0.717, 1.165) is 4.68 Å². The number of nitrogens with one attached hydrogen (secondary N) is 1. The number of rotatable bonds is 6. The fourth-order valence-electron chi connectivity index (χ4n) is 2.95. The molecule has 156 valence electrons. The maximum Gasteiger partial charge on any atom is 0.357 e. The summed E-state index contributed by atoms with van der Waals surface area (Å²) in [6.07, 6.45) is 0. The summed E-state index contributed by atoms with van der Waals surface area (Å²) in [5, 5.41) is 21.2. The summed E-state index contributed by atoms with van der Waals surface area (Å²) < 4.78 is 23.4. The van der Waals surface area contributed by atoms with Crippen molar-refractivity contribution in [3.63, 3.8) is 0 Å². The number of carbonyl (C=O) groups excluding carboxylic acids is 1. The van der Waals surface area contributed by atoms with Crippen LogP contribution in [0.4, 0.5) is 0 Å². The zero-order valence-electron chi connectivity index (χ0n) is 15.8. The third-order valence-corrected chi connectivity index (χ3v) is 5.38. The average Bonchev–Trinajstić information content (AvgIpc) is 2.69. The summed E-state index contributed by atoms with van der Waals surface area (Å²) in [5.41, 5.74) is -0.304. The molecule has 0 saturated carbocycles. The highest BCUT2D eigenvalue weighted by molar-refractivity contribution is 7.89. The van der Waals surface area contributed by atoms with Crippen LogP contribution in [0.3, 0.4) is 0 Å². The van der Waals surface area contributed by atoms with E-state index in [9.17, 15) is 27.9 Å². The normalized spacial score (nSPS) is 12.5. The fraction of sp³-hybridized carbons (Fsp3) is 0.158. The van der Waals surface area contributed by atoms with Gasteiger partial charge in [0.2, 0.25) is 15.9 Å². The molecule has 1 atom stereocenters. The van der Waals surface area contributed by atoms with Crippen LogP contribution in [0.5, 0.6) is 0 Å². The Bertz CT molecular complexity index is 1300. The van der Waals surface area contributed by atoms with Crippen LogP contribution in [0, 0.1) is 0 Å². The minimum absolute atomic E-state index is 0.0575. The zero-order valence-corrected chi connectivity index (χ0v) is 16.6. The molecule has 4 N–H and O–H groups in total. The standard InChI is InChI=1S/C19H18N4O6S/c1-11(12-6-8-13(9-7-12)30(20,28)29)21-16(24)10-23-18(25)15-5-3-2-4-14(15)17(22-23)19(26)27/h2-9,11H,10H2,1H3,(H,21,24)(H,26,27)(H2,20,28,29). The lowest BCUT2D eigenvalue weighted by Crippen LogP contribution is -2.35. The van der Waals surface area contributed by atoms with Crippen molar-refractivity contribution in [3.8, 4) is 0 Å². The number of primary sulfonamides is 1. The smallest absolute Gasteiger partial charge is 0.357 e. The van der Waals surface area contributed by atoms with Gasteiger partial charge in [0.1, 0.15) is 6.54 Å². The van der Waals surface area contributed by atoms with Gasteiger partial charge in [0.05, 0.1) is 16.3 Å². The first kappa shape index (κ1) is 21.1. The van der Waals surface area contributed by atoms with E-state index in [2.05, 4.69) is 10.4 Å². The number of aromatic carboxylic acids is 1. The van der Waals surface area contributed by atoms with Crippen LogP contribution in [0.2, 0.25) is 0 Å². The van der Waals surface area contributed by atoms with E-state index in [4.69, 9.17) is 5.14 Å². The number of sulfonamides is 1. The highest BCUT2D eigenvalue weighted by Gasteiger charge is 2.18. The topological polar surface area (TPSA) is 161 Å². The summed E-state index contributed by atoms with van der Waals surface area (Å²) in [6.45, 7) is 1.19. The molecule has 0 fully saturated rings. The lowest BCUT2D eigenvalue weighted by molar-refractivity contribution is -0.122. The first-order chi connectivity index (χ1) is 14.1. The van der Waals surface area contributed by atoms with E-state index >= 15 is 0 Å². The molecule has 0 saturated heterocycles. The molecule has 0 aliphatic heterocycles. The molecule has 10 nitrogen and oxygen atoms in total. The number of nitrogens with zero attached hydrogens (tertiary/aromatic N) is 2. The molecular weight excluding hydrogens is 412 g/mol. The predicted octanol–water partition coefficient (Wildman–Crippen LogP) is 0.620. The minimum Gasteiger partial charge on any atom is -0.476 e. The van der Waals surface area contributed by atoms with Gasteiger partial charge >= 0.3 is 5.97 Å². The monoisotopic (exact) mass is 430 g/mol. The molecule has 2 aromatic carbocycles. The Kier molecular flexibility index (Phi) is 5.67. The Labute approximate surface area is 171 Å². The number of amides is 1. The number of hydrogen-bond donors (Lipinski definition) is 3. The Morgan fingerprint density at radius 1 is 1.13 bits per heavy atom. The number of aromatic nitrogens is 2. The van der Waals surface area contributed by atoms with Gasteiger partial charge in [0.25, 0.3) is 5.56 Å². The van der Waals surface area contributed by atoms with Crippen molar-refractivity contribution in [2.45, 2.75) is 24.4 Å². The molecule has 11 heteroatoms. The molecule has 0 radical (unpaired) electrons. The number of nitrogens with two attached hydrogens (primary N) is 1. The maximum atomic E-state index is 12.6. The maximum absolute atomic E-state index is 12.6. The average molecular weight is 430 g/mol. The fourth-order valence-corrected chi connectivity index (χ4v) is 3.47. The van der Waals surface area contributed by atoms with E-state index in [0.29, 0.717) is 5.56 Å². The van der Waals surface area contributed by atoms with E-state index in [1.54, 1.807) is 19.1 Å². The summed E-state index contributed by atoms with van der Waals surface area (Å²) in [4.78, 5) is 36.4. The van der Waals surface area contributed by atoms with Crippen LogP contribution in [0.15, 0.2) is 58.2 Å². The van der Waals surface area contributed by atoms with Gasteiger partial charge in [-0.05, 0) is 30.7 Å². The molecule has 3 aromatic rings. The Morgan fingerprint density at radius 2 is 1.73 bits per heavy atom. The molecule has 0 bridgehead atoms. The number of carboxylic acid groups (broad SMARTS) is 1. The van der Waals surface area contributed by atoms with Gasteiger partial charge in [-0.1, -0.05) is 30.3 Å². The van der Waals surface area contributed by atoms with Gasteiger partial charge in [0, 0.05) is 5.39 Å². The lowest BCUT2D eigenvalue weighted by atomic mass is 10.1. The Morgan fingerprint density at radius 3 is 2.30 bits per heavy atom. The summed E-state index contributed by atoms with van der Waals surface area (Å²) >= 11 is 0. The molecule has 1 aromatic heterocycles. The van der Waals surface area contributed by atoms with Crippen LogP contribution >= 0.6 is 0 Å². The highest BCUT2D eigenvalue weighted by Crippen LogP contribution is 2.16. The van der Waals surface area contributed by atoms with Gasteiger partial charge in [0.15, 0.2) is 5.69 Å².